The van der Waals surface area contributed by atoms with Gasteiger partial charge in [0.25, 0.3) is 11.5 Å². The second-order valence-electron chi connectivity index (χ2n) is 6.71. The van der Waals surface area contributed by atoms with Crippen LogP contribution in [0.5, 0.6) is 0 Å². The van der Waals surface area contributed by atoms with E-state index in [9.17, 15) is 19.2 Å². The van der Waals surface area contributed by atoms with Crippen LogP contribution in [0, 0.1) is 0 Å². The number of hydrogen-bond donors (Lipinski definition) is 6. The molecule has 3 rings (SSSR count). The molecule has 0 saturated carbocycles. The number of anilines is 2. The van der Waals surface area contributed by atoms with Crippen LogP contribution in [-0.2, 0) is 16.1 Å². The largest absolute Gasteiger partial charge is 1.00 e. The van der Waals surface area contributed by atoms with Gasteiger partial charge in [-0.15, -0.1) is 0 Å². The molecule has 0 radical (unpaired) electrons. The standard InChI is InChI=1S/C19H19N7O6.Na.H/c20-19-25-15-14(17(30)26-19)23-11(8-22-15)7-21-10-3-1-9(2-4-10)16(29)24-12(18(31)32)5-6-13(27)28;;/h1-4,8,12,21H,5-7H2,(H,24,29)(H,27,28)(H,31,32)(H3,20,22,25,26,30);;/q;+1;-1/t12-;;/m0../s1. The third kappa shape index (κ3) is 6.97. The van der Waals surface area contributed by atoms with Crippen LogP contribution in [0.1, 0.15) is 30.3 Å². The molecule has 0 aliphatic carbocycles. The molecule has 0 fully saturated rings. The van der Waals surface area contributed by atoms with E-state index in [0.29, 0.717) is 11.4 Å². The van der Waals surface area contributed by atoms with Gasteiger partial charge in [0.05, 0.1) is 18.4 Å². The van der Waals surface area contributed by atoms with Crippen LogP contribution in [0.2, 0.25) is 0 Å². The number of amides is 1. The molecule has 7 N–H and O–H groups in total. The van der Waals surface area contributed by atoms with Crippen molar-refractivity contribution >= 4 is 40.6 Å². The number of carboxylic acids is 2. The number of aromatic amines is 1. The molecule has 0 bridgehead atoms. The zero-order valence-corrected chi connectivity index (χ0v) is 19.5. The minimum absolute atomic E-state index is 0. The summed E-state index contributed by atoms with van der Waals surface area (Å²) in [4.78, 5) is 60.6. The Morgan fingerprint density at radius 2 is 1.85 bits per heavy atom. The van der Waals surface area contributed by atoms with E-state index in [1.807, 2.05) is 0 Å². The van der Waals surface area contributed by atoms with Crippen molar-refractivity contribution in [1.29, 1.82) is 0 Å². The number of nitrogens with zero attached hydrogens (tertiary/aromatic N) is 3. The quantitative estimate of drug-likeness (QED) is 0.176. The van der Waals surface area contributed by atoms with Gasteiger partial charge in [0, 0.05) is 17.7 Å². The number of carbonyl (C=O) groups is 3. The van der Waals surface area contributed by atoms with Crippen molar-refractivity contribution < 1.29 is 55.6 Å². The first-order valence-electron chi connectivity index (χ1n) is 9.33. The predicted octanol–water partition coefficient (Wildman–Crippen LogP) is -2.93. The van der Waals surface area contributed by atoms with Crippen LogP contribution in [0.25, 0.3) is 11.2 Å². The second-order valence-corrected chi connectivity index (χ2v) is 6.71. The Kier molecular flexibility index (Phi) is 8.85. The average molecular weight is 465 g/mol. The van der Waals surface area contributed by atoms with Crippen molar-refractivity contribution in [3.8, 4) is 0 Å². The SMILES string of the molecule is Nc1nc2ncc(CNc3ccc(C(=O)N[C@@H](CCC(=O)O)C(=O)O)cc3)nc2c(=O)[nH]1.[H-].[Na+]. The minimum atomic E-state index is -1.31. The normalized spacial score (nSPS) is 11.3. The molecule has 14 heteroatoms. The summed E-state index contributed by atoms with van der Waals surface area (Å²) in [6.45, 7) is 0.231. The van der Waals surface area contributed by atoms with Crippen molar-refractivity contribution in [2.24, 2.45) is 0 Å². The number of H-pyrrole nitrogens is 1. The number of nitrogens with two attached hydrogens (primary N) is 1. The molecule has 1 atom stereocenters. The van der Waals surface area contributed by atoms with Gasteiger partial charge in [-0.3, -0.25) is 19.4 Å². The van der Waals surface area contributed by atoms with Crippen molar-refractivity contribution in [2.45, 2.75) is 25.4 Å². The number of fused-ring (bicyclic) bond motifs is 1. The van der Waals surface area contributed by atoms with Crippen LogP contribution >= 0.6 is 0 Å². The number of rotatable bonds is 9. The summed E-state index contributed by atoms with van der Waals surface area (Å²) in [6, 6.07) is 4.86. The Morgan fingerprint density at radius 1 is 1.15 bits per heavy atom. The third-order valence-corrected chi connectivity index (χ3v) is 4.36. The summed E-state index contributed by atoms with van der Waals surface area (Å²) in [5.74, 6) is -3.16. The first-order valence-corrected chi connectivity index (χ1v) is 9.33. The van der Waals surface area contributed by atoms with Crippen LogP contribution in [0.15, 0.2) is 35.3 Å². The van der Waals surface area contributed by atoms with Crippen LogP contribution in [0.3, 0.4) is 0 Å². The molecule has 168 valence electrons. The number of nitrogens with one attached hydrogen (secondary N) is 3. The first kappa shape index (κ1) is 25.7. The summed E-state index contributed by atoms with van der Waals surface area (Å²) in [5.41, 5.74) is 6.47. The molecular weight excluding hydrogens is 445 g/mol. The molecule has 33 heavy (non-hydrogen) atoms. The number of benzene rings is 1. The number of hydrogen-bond acceptors (Lipinski definition) is 9. The van der Waals surface area contributed by atoms with Gasteiger partial charge in [-0.1, -0.05) is 0 Å². The zero-order chi connectivity index (χ0) is 23.3. The van der Waals surface area contributed by atoms with Gasteiger partial charge in [0.1, 0.15) is 6.04 Å². The summed E-state index contributed by atoms with van der Waals surface area (Å²) < 4.78 is 0. The fraction of sp³-hybridized carbons (Fsp3) is 0.211. The molecule has 0 aliphatic heterocycles. The number of carbonyl (C=O) groups excluding carboxylic acids is 1. The Balaban J connectivity index is 0.00000289. The van der Waals surface area contributed by atoms with Gasteiger partial charge in [-0.05, 0) is 30.7 Å². The molecule has 0 spiro atoms. The third-order valence-electron chi connectivity index (χ3n) is 4.36. The Labute approximate surface area is 209 Å². The van der Waals surface area contributed by atoms with E-state index >= 15 is 0 Å². The number of aromatic nitrogens is 4. The first-order chi connectivity index (χ1) is 15.2. The van der Waals surface area contributed by atoms with Gasteiger partial charge in [0.15, 0.2) is 11.2 Å². The molecule has 0 aliphatic rings. The molecule has 13 nitrogen and oxygen atoms in total. The van der Waals surface area contributed by atoms with Gasteiger partial charge in [-0.25, -0.2) is 14.8 Å². The molecule has 2 aromatic heterocycles. The van der Waals surface area contributed by atoms with E-state index in [-0.39, 0.29) is 73.0 Å². The number of aliphatic carboxylic acids is 2. The molecule has 1 aromatic carbocycles. The molecular formula is C19H20N7NaO6. The predicted molar refractivity (Wildman–Crippen MR) is 113 cm³/mol. The molecule has 3 aromatic rings. The molecule has 1 amide bonds. The van der Waals surface area contributed by atoms with E-state index in [1.165, 1.54) is 18.3 Å². The monoisotopic (exact) mass is 465 g/mol. The van der Waals surface area contributed by atoms with E-state index in [0.717, 1.165) is 0 Å². The zero-order valence-electron chi connectivity index (χ0n) is 18.5. The van der Waals surface area contributed by atoms with Crippen molar-refractivity contribution in [1.82, 2.24) is 25.3 Å². The maximum Gasteiger partial charge on any atom is 1.00 e. The fourth-order valence-electron chi connectivity index (χ4n) is 2.75. The number of nitrogen functional groups attached to an aromatic ring is 1. The maximum atomic E-state index is 12.3. The van der Waals surface area contributed by atoms with Gasteiger partial charge in [-0.2, -0.15) is 4.98 Å². The summed E-state index contributed by atoms with van der Waals surface area (Å²) in [7, 11) is 0. The van der Waals surface area contributed by atoms with E-state index in [1.54, 1.807) is 12.1 Å². The fourth-order valence-corrected chi connectivity index (χ4v) is 2.75. The topological polar surface area (TPSA) is 213 Å². The van der Waals surface area contributed by atoms with Crippen LogP contribution < -0.4 is 51.5 Å². The maximum absolute atomic E-state index is 12.3. The molecule has 0 saturated heterocycles. The number of carboxylic acid groups (broad SMARTS) is 2. The summed E-state index contributed by atoms with van der Waals surface area (Å²) in [6.07, 6.45) is 0.840. The van der Waals surface area contributed by atoms with Gasteiger partial charge in [0.2, 0.25) is 5.95 Å². The molecule has 0 unspecified atom stereocenters. The van der Waals surface area contributed by atoms with E-state index in [2.05, 4.69) is 30.6 Å². The minimum Gasteiger partial charge on any atom is -1.00 e. The Bertz CT molecular complexity index is 1240. The average Bonchev–Trinajstić information content (AvgIpc) is 2.75. The molecule has 2 heterocycles. The van der Waals surface area contributed by atoms with Crippen molar-refractivity contribution in [2.75, 3.05) is 11.1 Å². The second kappa shape index (κ2) is 11.4. The van der Waals surface area contributed by atoms with Gasteiger partial charge < -0.3 is 28.0 Å². The Hall–Kier alpha value is -3.55. The summed E-state index contributed by atoms with van der Waals surface area (Å²) in [5, 5.41) is 23.2. The van der Waals surface area contributed by atoms with E-state index in [4.69, 9.17) is 15.9 Å². The van der Waals surface area contributed by atoms with E-state index < -0.39 is 29.4 Å². The van der Waals surface area contributed by atoms with Crippen LogP contribution in [0.4, 0.5) is 11.6 Å². The summed E-state index contributed by atoms with van der Waals surface area (Å²) >= 11 is 0. The van der Waals surface area contributed by atoms with Crippen molar-refractivity contribution in [3.63, 3.8) is 0 Å². The van der Waals surface area contributed by atoms with Crippen LogP contribution in [-0.4, -0.2) is 54.0 Å². The smallest absolute Gasteiger partial charge is 1.00 e. The van der Waals surface area contributed by atoms with Gasteiger partial charge >= 0.3 is 41.5 Å². The van der Waals surface area contributed by atoms with Crippen molar-refractivity contribution in [3.05, 3.63) is 52.1 Å². The Morgan fingerprint density at radius 3 is 2.48 bits per heavy atom.